The third-order valence-electron chi connectivity index (χ3n) is 2.33. The van der Waals surface area contributed by atoms with Crippen LogP contribution in [0.3, 0.4) is 0 Å². The molecule has 0 atom stereocenters. The summed E-state index contributed by atoms with van der Waals surface area (Å²) >= 11 is 5.54. The van der Waals surface area contributed by atoms with Gasteiger partial charge in [-0.25, -0.2) is 9.37 Å². The Morgan fingerprint density at radius 1 is 1.28 bits per heavy atom. The number of halogens is 5. The van der Waals surface area contributed by atoms with E-state index in [9.17, 15) is 17.6 Å². The van der Waals surface area contributed by atoms with Gasteiger partial charge in [-0.15, -0.1) is 11.6 Å². The Morgan fingerprint density at radius 2 is 2.00 bits per heavy atom. The first-order chi connectivity index (χ1) is 8.41. The van der Waals surface area contributed by atoms with Crippen molar-refractivity contribution in [3.05, 3.63) is 47.8 Å². The van der Waals surface area contributed by atoms with Crippen molar-refractivity contribution < 1.29 is 17.6 Å². The summed E-state index contributed by atoms with van der Waals surface area (Å²) in [5.74, 6) is -1.15. The number of hydrogen-bond donors (Lipinski definition) is 0. The van der Waals surface area contributed by atoms with Gasteiger partial charge in [0.25, 0.3) is 0 Å². The normalized spacial score (nSPS) is 11.8. The van der Waals surface area contributed by atoms with Crippen LogP contribution < -0.4 is 0 Å². The predicted molar refractivity (Wildman–Crippen MR) is 58.1 cm³/mol. The molecule has 0 saturated heterocycles. The topological polar surface area (TPSA) is 17.8 Å². The van der Waals surface area contributed by atoms with E-state index < -0.39 is 17.6 Å². The van der Waals surface area contributed by atoms with E-state index in [0.717, 1.165) is 12.1 Å². The first-order valence-electron chi connectivity index (χ1n) is 4.88. The second-order valence-electron chi connectivity index (χ2n) is 3.57. The zero-order chi connectivity index (χ0) is 13.3. The molecule has 7 heteroatoms. The molecule has 0 aliphatic heterocycles. The van der Waals surface area contributed by atoms with Gasteiger partial charge in [-0.05, 0) is 18.2 Å². The van der Waals surface area contributed by atoms with E-state index in [-0.39, 0.29) is 11.6 Å². The molecule has 1 heterocycles. The monoisotopic (exact) mass is 278 g/mol. The van der Waals surface area contributed by atoms with Crippen LogP contribution in [0.4, 0.5) is 17.6 Å². The highest BCUT2D eigenvalue weighted by Gasteiger charge is 2.34. The van der Waals surface area contributed by atoms with Crippen LogP contribution in [0.25, 0.3) is 5.69 Å². The molecule has 0 saturated carbocycles. The maximum absolute atomic E-state index is 13.1. The van der Waals surface area contributed by atoms with Crippen molar-refractivity contribution in [2.45, 2.75) is 12.1 Å². The van der Waals surface area contributed by atoms with Crippen LogP contribution in [0, 0.1) is 5.82 Å². The summed E-state index contributed by atoms with van der Waals surface area (Å²) in [6.07, 6.45) is -1.92. The molecule has 18 heavy (non-hydrogen) atoms. The molecule has 1 aromatic carbocycles. The molecular weight excluding hydrogens is 272 g/mol. The molecule has 96 valence electrons. The molecule has 0 N–H and O–H groups in total. The van der Waals surface area contributed by atoms with Crippen molar-refractivity contribution in [3.8, 4) is 5.69 Å². The standard InChI is InChI=1S/C11H7ClF4N2/c12-4-7-5-18(6-17-7)8-1-2-10(13)9(3-8)11(14,15)16/h1-3,5-6H,4H2. The minimum absolute atomic E-state index is 0.153. The van der Waals surface area contributed by atoms with Crippen molar-refractivity contribution in [1.82, 2.24) is 9.55 Å². The number of rotatable bonds is 2. The minimum atomic E-state index is -4.73. The minimum Gasteiger partial charge on any atom is -0.306 e. The fraction of sp³-hybridized carbons (Fsp3) is 0.182. The highest BCUT2D eigenvalue weighted by Crippen LogP contribution is 2.32. The molecule has 0 aliphatic carbocycles. The zero-order valence-corrected chi connectivity index (χ0v) is 9.63. The number of imidazole rings is 1. The Hall–Kier alpha value is -1.56. The van der Waals surface area contributed by atoms with Crippen LogP contribution in [0.1, 0.15) is 11.3 Å². The van der Waals surface area contributed by atoms with E-state index in [4.69, 9.17) is 11.6 Å². The first-order valence-corrected chi connectivity index (χ1v) is 5.41. The smallest absolute Gasteiger partial charge is 0.306 e. The van der Waals surface area contributed by atoms with Crippen molar-refractivity contribution >= 4 is 11.6 Å². The van der Waals surface area contributed by atoms with Gasteiger partial charge in [-0.2, -0.15) is 13.2 Å². The van der Waals surface area contributed by atoms with Crippen molar-refractivity contribution in [2.24, 2.45) is 0 Å². The van der Waals surface area contributed by atoms with Crippen LogP contribution in [-0.2, 0) is 12.1 Å². The third-order valence-corrected chi connectivity index (χ3v) is 2.60. The largest absolute Gasteiger partial charge is 0.419 e. The number of nitrogens with zero attached hydrogens (tertiary/aromatic N) is 2. The van der Waals surface area contributed by atoms with Gasteiger partial charge in [0, 0.05) is 11.9 Å². The SMILES string of the molecule is Fc1ccc(-n2cnc(CCl)c2)cc1C(F)(F)F. The molecule has 0 unspecified atom stereocenters. The van der Waals surface area contributed by atoms with E-state index in [1.165, 1.54) is 23.2 Å². The number of benzene rings is 1. The van der Waals surface area contributed by atoms with Gasteiger partial charge in [-0.1, -0.05) is 0 Å². The molecule has 0 amide bonds. The van der Waals surface area contributed by atoms with Crippen LogP contribution in [0.5, 0.6) is 0 Å². The molecule has 0 radical (unpaired) electrons. The van der Waals surface area contributed by atoms with E-state index in [1.54, 1.807) is 0 Å². The van der Waals surface area contributed by atoms with Gasteiger partial charge in [0.2, 0.25) is 0 Å². The second-order valence-corrected chi connectivity index (χ2v) is 3.84. The van der Waals surface area contributed by atoms with Gasteiger partial charge in [0.1, 0.15) is 5.82 Å². The Balaban J connectivity index is 2.47. The Bertz CT molecular complexity index is 562. The fourth-order valence-electron chi connectivity index (χ4n) is 1.46. The fourth-order valence-corrected chi connectivity index (χ4v) is 1.60. The lowest BCUT2D eigenvalue weighted by Gasteiger charge is -2.10. The van der Waals surface area contributed by atoms with Gasteiger partial charge in [-0.3, -0.25) is 0 Å². The Morgan fingerprint density at radius 3 is 2.56 bits per heavy atom. The maximum Gasteiger partial charge on any atom is 0.419 e. The number of aromatic nitrogens is 2. The molecule has 2 aromatic rings. The average molecular weight is 279 g/mol. The summed E-state index contributed by atoms with van der Waals surface area (Å²) in [4.78, 5) is 3.88. The number of hydrogen-bond acceptors (Lipinski definition) is 1. The summed E-state index contributed by atoms with van der Waals surface area (Å²) < 4.78 is 52.0. The van der Waals surface area contributed by atoms with Crippen LogP contribution >= 0.6 is 11.6 Å². The Labute approximate surface area is 105 Å². The van der Waals surface area contributed by atoms with E-state index in [0.29, 0.717) is 5.69 Å². The lowest BCUT2D eigenvalue weighted by Crippen LogP contribution is -2.09. The van der Waals surface area contributed by atoms with Crippen LogP contribution in [0.2, 0.25) is 0 Å². The lowest BCUT2D eigenvalue weighted by atomic mass is 10.2. The summed E-state index contributed by atoms with van der Waals surface area (Å²) in [5, 5.41) is 0. The van der Waals surface area contributed by atoms with Crippen LogP contribution in [-0.4, -0.2) is 9.55 Å². The summed E-state index contributed by atoms with van der Waals surface area (Å²) in [6.45, 7) is 0. The maximum atomic E-state index is 13.1. The number of alkyl halides is 4. The van der Waals surface area contributed by atoms with Gasteiger partial charge in [0.05, 0.1) is 23.5 Å². The lowest BCUT2D eigenvalue weighted by molar-refractivity contribution is -0.140. The van der Waals surface area contributed by atoms with Gasteiger partial charge >= 0.3 is 6.18 Å². The van der Waals surface area contributed by atoms with Crippen LogP contribution in [0.15, 0.2) is 30.7 Å². The molecule has 0 fully saturated rings. The molecule has 0 spiro atoms. The zero-order valence-electron chi connectivity index (χ0n) is 8.88. The van der Waals surface area contributed by atoms with E-state index in [1.807, 2.05) is 0 Å². The molecule has 2 nitrogen and oxygen atoms in total. The van der Waals surface area contributed by atoms with Crippen molar-refractivity contribution in [1.29, 1.82) is 0 Å². The predicted octanol–water partition coefficient (Wildman–Crippen LogP) is 3.77. The third kappa shape index (κ3) is 2.48. The Kier molecular flexibility index (Phi) is 3.30. The molecular formula is C11H7ClF4N2. The molecule has 0 aliphatic rings. The molecule has 0 bridgehead atoms. The van der Waals surface area contributed by atoms with Crippen molar-refractivity contribution in [3.63, 3.8) is 0 Å². The highest BCUT2D eigenvalue weighted by molar-refractivity contribution is 6.16. The molecule has 1 aromatic heterocycles. The summed E-state index contributed by atoms with van der Waals surface area (Å²) in [5.41, 5.74) is -0.608. The summed E-state index contributed by atoms with van der Waals surface area (Å²) in [6, 6.07) is 2.75. The average Bonchev–Trinajstić information content (AvgIpc) is 2.76. The quantitative estimate of drug-likeness (QED) is 0.604. The first kappa shape index (κ1) is 12.9. The second kappa shape index (κ2) is 4.61. The molecule has 2 rings (SSSR count). The van der Waals surface area contributed by atoms with Crippen molar-refractivity contribution in [2.75, 3.05) is 0 Å². The van der Waals surface area contributed by atoms with Gasteiger partial charge < -0.3 is 4.57 Å². The van der Waals surface area contributed by atoms with E-state index in [2.05, 4.69) is 4.98 Å². The highest BCUT2D eigenvalue weighted by atomic mass is 35.5. The van der Waals surface area contributed by atoms with E-state index >= 15 is 0 Å². The van der Waals surface area contributed by atoms with Gasteiger partial charge in [0.15, 0.2) is 0 Å². The summed E-state index contributed by atoms with van der Waals surface area (Å²) in [7, 11) is 0.